The number of hydrogen-bond donors (Lipinski definition) is 1. The number of halogens is 2. The first-order valence-electron chi connectivity index (χ1n) is 4.88. The van der Waals surface area contributed by atoms with Crippen molar-refractivity contribution in [2.75, 3.05) is 19.0 Å². The van der Waals surface area contributed by atoms with Gasteiger partial charge in [-0.1, -0.05) is 6.92 Å². The van der Waals surface area contributed by atoms with Gasteiger partial charge < -0.3 is 10.1 Å². The molecule has 1 unspecified atom stereocenters. The fourth-order valence-electron chi connectivity index (χ4n) is 1.29. The number of rotatable bonds is 5. The normalized spacial score (nSPS) is 12.5. The van der Waals surface area contributed by atoms with Gasteiger partial charge in [-0.05, 0) is 40.5 Å². The maximum Gasteiger partial charge on any atom is 0.125 e. The van der Waals surface area contributed by atoms with Crippen LogP contribution in [0.4, 0.5) is 10.1 Å². The van der Waals surface area contributed by atoms with Crippen LogP contribution in [0.2, 0.25) is 0 Å². The van der Waals surface area contributed by atoms with E-state index in [1.807, 2.05) is 0 Å². The summed E-state index contributed by atoms with van der Waals surface area (Å²) in [7, 11) is 1.66. The third kappa shape index (κ3) is 3.80. The number of methoxy groups -OCH3 is 1. The summed E-state index contributed by atoms with van der Waals surface area (Å²) in [5.74, 6) is -0.243. The summed E-state index contributed by atoms with van der Waals surface area (Å²) >= 11 is 3.37. The van der Waals surface area contributed by atoms with Crippen molar-refractivity contribution in [2.45, 2.75) is 19.4 Å². The van der Waals surface area contributed by atoms with Crippen LogP contribution in [0.3, 0.4) is 0 Å². The minimum absolute atomic E-state index is 0.202. The number of hydrogen-bond acceptors (Lipinski definition) is 2. The lowest BCUT2D eigenvalue weighted by atomic mass is 10.2. The Hall–Kier alpha value is -0.610. The van der Waals surface area contributed by atoms with E-state index in [-0.39, 0.29) is 11.9 Å². The Morgan fingerprint density at radius 2 is 2.27 bits per heavy atom. The molecule has 0 saturated heterocycles. The van der Waals surface area contributed by atoms with Gasteiger partial charge in [-0.15, -0.1) is 0 Å². The van der Waals surface area contributed by atoms with E-state index in [1.165, 1.54) is 12.1 Å². The SMILES string of the molecule is CCC(COC)Nc1cc(F)ccc1Br. The van der Waals surface area contributed by atoms with Crippen molar-refractivity contribution in [2.24, 2.45) is 0 Å². The Labute approximate surface area is 98.0 Å². The molecule has 0 fully saturated rings. The van der Waals surface area contributed by atoms with Gasteiger partial charge in [0.25, 0.3) is 0 Å². The smallest absolute Gasteiger partial charge is 0.125 e. The molecule has 0 aromatic heterocycles. The highest BCUT2D eigenvalue weighted by Crippen LogP contribution is 2.24. The Bertz CT molecular complexity index is 319. The second-order valence-corrected chi connectivity index (χ2v) is 4.18. The molecule has 0 aliphatic carbocycles. The van der Waals surface area contributed by atoms with E-state index < -0.39 is 0 Å². The van der Waals surface area contributed by atoms with Crippen LogP contribution in [0.15, 0.2) is 22.7 Å². The lowest BCUT2D eigenvalue weighted by molar-refractivity contribution is 0.184. The molecular formula is C11H15BrFNO. The van der Waals surface area contributed by atoms with Crippen LogP contribution in [0.25, 0.3) is 0 Å². The molecule has 1 aromatic rings. The van der Waals surface area contributed by atoms with Crippen LogP contribution in [0.5, 0.6) is 0 Å². The Balaban J connectivity index is 2.73. The van der Waals surface area contributed by atoms with Gasteiger partial charge in [-0.25, -0.2) is 4.39 Å². The van der Waals surface area contributed by atoms with Crippen molar-refractivity contribution in [3.05, 3.63) is 28.5 Å². The van der Waals surface area contributed by atoms with E-state index >= 15 is 0 Å². The highest BCUT2D eigenvalue weighted by atomic mass is 79.9. The van der Waals surface area contributed by atoms with E-state index in [9.17, 15) is 4.39 Å². The first-order chi connectivity index (χ1) is 7.17. The molecule has 15 heavy (non-hydrogen) atoms. The topological polar surface area (TPSA) is 21.3 Å². The molecule has 2 nitrogen and oxygen atoms in total. The van der Waals surface area contributed by atoms with Crippen LogP contribution in [-0.2, 0) is 4.74 Å². The molecule has 0 bridgehead atoms. The molecule has 0 radical (unpaired) electrons. The molecule has 4 heteroatoms. The van der Waals surface area contributed by atoms with E-state index in [0.29, 0.717) is 6.61 Å². The van der Waals surface area contributed by atoms with E-state index in [4.69, 9.17) is 4.74 Å². The van der Waals surface area contributed by atoms with E-state index in [1.54, 1.807) is 13.2 Å². The molecule has 0 aliphatic heterocycles. The molecule has 1 N–H and O–H groups in total. The van der Waals surface area contributed by atoms with E-state index in [0.717, 1.165) is 16.6 Å². The monoisotopic (exact) mass is 275 g/mol. The Morgan fingerprint density at radius 3 is 2.87 bits per heavy atom. The number of benzene rings is 1. The molecule has 1 rings (SSSR count). The predicted molar refractivity (Wildman–Crippen MR) is 63.7 cm³/mol. The van der Waals surface area contributed by atoms with Crippen molar-refractivity contribution >= 4 is 21.6 Å². The lowest BCUT2D eigenvalue weighted by Gasteiger charge is -2.18. The molecule has 84 valence electrons. The van der Waals surface area contributed by atoms with Crippen LogP contribution < -0.4 is 5.32 Å². The van der Waals surface area contributed by atoms with Crippen molar-refractivity contribution in [1.82, 2.24) is 0 Å². The van der Waals surface area contributed by atoms with Crippen molar-refractivity contribution in [1.29, 1.82) is 0 Å². The van der Waals surface area contributed by atoms with Crippen LogP contribution in [0, 0.1) is 5.82 Å². The minimum Gasteiger partial charge on any atom is -0.383 e. The summed E-state index contributed by atoms with van der Waals surface area (Å²) in [6, 6.07) is 4.79. The summed E-state index contributed by atoms with van der Waals surface area (Å²) in [6.07, 6.45) is 0.927. The molecule has 0 amide bonds. The third-order valence-corrected chi connectivity index (χ3v) is 2.84. The quantitative estimate of drug-likeness (QED) is 0.889. The first kappa shape index (κ1) is 12.5. The van der Waals surface area contributed by atoms with Crippen LogP contribution in [0.1, 0.15) is 13.3 Å². The summed E-state index contributed by atoms with van der Waals surface area (Å²) < 4.78 is 18.9. The zero-order valence-electron chi connectivity index (χ0n) is 8.89. The molecule has 0 spiro atoms. The molecule has 1 aromatic carbocycles. The average Bonchev–Trinajstić information content (AvgIpc) is 2.22. The largest absolute Gasteiger partial charge is 0.383 e. The molecular weight excluding hydrogens is 261 g/mol. The van der Waals surface area contributed by atoms with Gasteiger partial charge in [0.2, 0.25) is 0 Å². The maximum atomic E-state index is 13.0. The van der Waals surface area contributed by atoms with Gasteiger partial charge in [-0.2, -0.15) is 0 Å². The van der Waals surface area contributed by atoms with Crippen LogP contribution in [-0.4, -0.2) is 19.8 Å². The van der Waals surface area contributed by atoms with Gasteiger partial charge in [-0.3, -0.25) is 0 Å². The zero-order valence-corrected chi connectivity index (χ0v) is 10.5. The number of ether oxygens (including phenoxy) is 1. The van der Waals surface area contributed by atoms with Gasteiger partial charge in [0.15, 0.2) is 0 Å². The maximum absolute atomic E-state index is 13.0. The molecule has 1 atom stereocenters. The van der Waals surface area contributed by atoms with Crippen LogP contribution >= 0.6 is 15.9 Å². The summed E-state index contributed by atoms with van der Waals surface area (Å²) in [5, 5.41) is 3.23. The second kappa shape index (κ2) is 6.08. The average molecular weight is 276 g/mol. The first-order valence-corrected chi connectivity index (χ1v) is 5.67. The van der Waals surface area contributed by atoms with Crippen molar-refractivity contribution < 1.29 is 9.13 Å². The summed E-state index contributed by atoms with van der Waals surface area (Å²) in [5.41, 5.74) is 0.763. The second-order valence-electron chi connectivity index (χ2n) is 3.33. The standard InChI is InChI=1S/C11H15BrFNO/c1-3-9(7-15-2)14-11-6-8(13)4-5-10(11)12/h4-6,9,14H,3,7H2,1-2H3. The number of anilines is 1. The van der Waals surface area contributed by atoms with Crippen molar-refractivity contribution in [3.8, 4) is 0 Å². The third-order valence-electron chi connectivity index (χ3n) is 2.15. The predicted octanol–water partition coefficient (Wildman–Crippen LogP) is 3.43. The van der Waals surface area contributed by atoms with Gasteiger partial charge in [0, 0.05) is 17.6 Å². The van der Waals surface area contributed by atoms with Gasteiger partial charge in [0.1, 0.15) is 5.82 Å². The molecule has 0 saturated carbocycles. The molecule has 0 aliphatic rings. The van der Waals surface area contributed by atoms with Gasteiger partial charge in [0.05, 0.1) is 12.3 Å². The zero-order chi connectivity index (χ0) is 11.3. The lowest BCUT2D eigenvalue weighted by Crippen LogP contribution is -2.24. The highest BCUT2D eigenvalue weighted by Gasteiger charge is 2.08. The summed E-state index contributed by atoms with van der Waals surface area (Å²) in [4.78, 5) is 0. The Kier molecular flexibility index (Phi) is 5.05. The Morgan fingerprint density at radius 1 is 1.53 bits per heavy atom. The van der Waals surface area contributed by atoms with Crippen molar-refractivity contribution in [3.63, 3.8) is 0 Å². The number of nitrogens with one attached hydrogen (secondary N) is 1. The summed E-state index contributed by atoms with van der Waals surface area (Å²) in [6.45, 7) is 2.67. The van der Waals surface area contributed by atoms with E-state index in [2.05, 4.69) is 28.2 Å². The van der Waals surface area contributed by atoms with Gasteiger partial charge >= 0.3 is 0 Å². The molecule has 0 heterocycles. The fourth-order valence-corrected chi connectivity index (χ4v) is 1.65. The fraction of sp³-hybridized carbons (Fsp3) is 0.455. The minimum atomic E-state index is -0.243. The highest BCUT2D eigenvalue weighted by molar-refractivity contribution is 9.10.